The van der Waals surface area contributed by atoms with Crippen LogP contribution in [0.1, 0.15) is 17.0 Å². The summed E-state index contributed by atoms with van der Waals surface area (Å²) in [5.41, 5.74) is 3.18. The number of carbonyl (C=O) groups excluding carboxylic acids is 1. The van der Waals surface area contributed by atoms with E-state index in [0.717, 1.165) is 16.8 Å². The van der Waals surface area contributed by atoms with E-state index in [-0.39, 0.29) is 11.7 Å². The second-order valence-electron chi connectivity index (χ2n) is 4.53. The smallest absolute Gasteiger partial charge is 0.146 e. The number of pyridine rings is 1. The maximum atomic E-state index is 12.3. The Balaban J connectivity index is 1.79. The Morgan fingerprint density at radius 1 is 1.28 bits per heavy atom. The molecule has 0 bridgehead atoms. The predicted octanol–water partition coefficient (Wildman–Crippen LogP) is 2.40. The van der Waals surface area contributed by atoms with Crippen LogP contribution in [0.3, 0.4) is 0 Å². The Bertz CT molecular complexity index is 566. The normalized spacial score (nSPS) is 17.0. The van der Waals surface area contributed by atoms with Crippen molar-refractivity contribution < 1.29 is 4.79 Å². The van der Waals surface area contributed by atoms with Crippen molar-refractivity contribution in [2.24, 2.45) is 0 Å². The molecule has 0 spiro atoms. The lowest BCUT2D eigenvalue weighted by molar-refractivity contribution is -0.119. The number of nitrogens with zero attached hydrogens (tertiary/aromatic N) is 1. The first-order valence-corrected chi connectivity index (χ1v) is 6.09. The van der Waals surface area contributed by atoms with Gasteiger partial charge in [-0.05, 0) is 23.3 Å². The summed E-state index contributed by atoms with van der Waals surface area (Å²) in [7, 11) is 0. The van der Waals surface area contributed by atoms with Gasteiger partial charge in [0.15, 0.2) is 0 Å². The predicted molar refractivity (Wildman–Crippen MR) is 70.6 cm³/mol. The number of anilines is 1. The zero-order valence-corrected chi connectivity index (χ0v) is 9.97. The molecular weight excluding hydrogens is 224 g/mol. The Hall–Kier alpha value is -2.16. The Labute approximate surface area is 106 Å². The molecule has 0 fully saturated rings. The Kier molecular flexibility index (Phi) is 2.81. The molecule has 0 radical (unpaired) electrons. The number of hydrogen-bond donors (Lipinski definition) is 1. The molecule has 1 atom stereocenters. The maximum Gasteiger partial charge on any atom is 0.146 e. The summed E-state index contributed by atoms with van der Waals surface area (Å²) in [6.45, 7) is 0.707. The monoisotopic (exact) mass is 238 g/mol. The van der Waals surface area contributed by atoms with Crippen molar-refractivity contribution in [3.63, 3.8) is 0 Å². The molecule has 3 heteroatoms. The minimum Gasteiger partial charge on any atom is -0.384 e. The Morgan fingerprint density at radius 3 is 3.00 bits per heavy atom. The van der Waals surface area contributed by atoms with Crippen LogP contribution in [0, 0.1) is 0 Å². The number of benzene rings is 1. The van der Waals surface area contributed by atoms with Crippen molar-refractivity contribution in [3.8, 4) is 0 Å². The number of hydrogen-bond acceptors (Lipinski definition) is 3. The lowest BCUT2D eigenvalue weighted by Crippen LogP contribution is -2.16. The van der Waals surface area contributed by atoms with E-state index in [1.54, 1.807) is 12.4 Å². The van der Waals surface area contributed by atoms with E-state index in [1.807, 2.05) is 36.4 Å². The third kappa shape index (κ3) is 1.99. The summed E-state index contributed by atoms with van der Waals surface area (Å²) in [6.07, 6.45) is 3.93. The third-order valence-electron chi connectivity index (χ3n) is 3.32. The molecule has 18 heavy (non-hydrogen) atoms. The quantitative estimate of drug-likeness (QED) is 0.892. The lowest BCUT2D eigenvalue weighted by Gasteiger charge is -2.08. The summed E-state index contributed by atoms with van der Waals surface area (Å²) in [5.74, 6) is 0.224. The molecule has 0 saturated heterocycles. The number of fused-ring (bicyclic) bond motifs is 1. The zero-order valence-electron chi connectivity index (χ0n) is 9.97. The van der Waals surface area contributed by atoms with Crippen LogP contribution >= 0.6 is 0 Å². The highest BCUT2D eigenvalue weighted by atomic mass is 16.1. The van der Waals surface area contributed by atoms with Gasteiger partial charge in [-0.2, -0.15) is 0 Å². The van der Waals surface area contributed by atoms with Gasteiger partial charge in [0.2, 0.25) is 0 Å². The average molecular weight is 238 g/mol. The van der Waals surface area contributed by atoms with Gasteiger partial charge >= 0.3 is 0 Å². The first-order valence-electron chi connectivity index (χ1n) is 6.09. The number of rotatable bonds is 3. The van der Waals surface area contributed by atoms with E-state index in [0.29, 0.717) is 13.0 Å². The first-order chi connectivity index (χ1) is 8.84. The van der Waals surface area contributed by atoms with E-state index < -0.39 is 0 Å². The number of Topliss-reactive ketones (excluding diaryl/α,β-unsaturated/α-hetero) is 1. The summed E-state index contributed by atoms with van der Waals surface area (Å²) in [6, 6.07) is 11.8. The van der Waals surface area contributed by atoms with Gasteiger partial charge in [-0.3, -0.25) is 9.78 Å². The topological polar surface area (TPSA) is 42.0 Å². The minimum atomic E-state index is -0.0265. The van der Waals surface area contributed by atoms with Crippen molar-refractivity contribution in [1.82, 2.24) is 4.98 Å². The second-order valence-corrected chi connectivity index (χ2v) is 4.53. The summed E-state index contributed by atoms with van der Waals surface area (Å²) in [5, 5.41) is 3.28. The van der Waals surface area contributed by atoms with E-state index in [4.69, 9.17) is 0 Å². The van der Waals surface area contributed by atoms with Crippen LogP contribution in [-0.2, 0) is 11.2 Å². The molecule has 3 rings (SSSR count). The number of para-hydroxylation sites is 1. The molecule has 1 N–H and O–H groups in total. The largest absolute Gasteiger partial charge is 0.384 e. The van der Waals surface area contributed by atoms with Crippen LogP contribution in [0.15, 0.2) is 48.8 Å². The van der Waals surface area contributed by atoms with E-state index in [9.17, 15) is 4.79 Å². The van der Waals surface area contributed by atoms with Gasteiger partial charge in [-0.1, -0.05) is 24.3 Å². The Morgan fingerprint density at radius 2 is 2.17 bits per heavy atom. The third-order valence-corrected chi connectivity index (χ3v) is 3.32. The highest BCUT2D eigenvalue weighted by Gasteiger charge is 2.27. The van der Waals surface area contributed by atoms with Gasteiger partial charge in [0.05, 0.1) is 5.92 Å². The van der Waals surface area contributed by atoms with Crippen molar-refractivity contribution in [1.29, 1.82) is 0 Å². The van der Waals surface area contributed by atoms with Crippen LogP contribution in [0.25, 0.3) is 0 Å². The molecule has 2 heterocycles. The highest BCUT2D eigenvalue weighted by Crippen LogP contribution is 2.32. The number of carbonyl (C=O) groups is 1. The van der Waals surface area contributed by atoms with E-state index in [1.165, 1.54) is 0 Å². The van der Waals surface area contributed by atoms with E-state index in [2.05, 4.69) is 10.3 Å². The fraction of sp³-hybridized carbons (Fsp3) is 0.200. The van der Waals surface area contributed by atoms with Crippen molar-refractivity contribution in [3.05, 3.63) is 59.9 Å². The van der Waals surface area contributed by atoms with Crippen molar-refractivity contribution in [2.75, 3.05) is 11.9 Å². The SMILES string of the molecule is O=C(Cc1cccnc1)C1CNc2ccccc21. The molecule has 90 valence electrons. The van der Waals surface area contributed by atoms with Crippen molar-refractivity contribution in [2.45, 2.75) is 12.3 Å². The highest BCUT2D eigenvalue weighted by molar-refractivity contribution is 5.91. The van der Waals surface area contributed by atoms with Crippen LogP contribution in [0.5, 0.6) is 0 Å². The molecule has 0 aliphatic carbocycles. The van der Waals surface area contributed by atoms with Gasteiger partial charge in [-0.25, -0.2) is 0 Å². The van der Waals surface area contributed by atoms with Crippen LogP contribution in [-0.4, -0.2) is 17.3 Å². The molecule has 2 aromatic rings. The molecule has 3 nitrogen and oxygen atoms in total. The zero-order chi connectivity index (χ0) is 12.4. The molecule has 1 aromatic carbocycles. The average Bonchev–Trinajstić information content (AvgIpc) is 2.84. The number of ketones is 1. The molecule has 1 aliphatic heterocycles. The molecule has 1 unspecified atom stereocenters. The molecule has 1 aromatic heterocycles. The number of nitrogens with one attached hydrogen (secondary N) is 1. The van der Waals surface area contributed by atoms with Gasteiger partial charge in [0, 0.05) is 31.0 Å². The second kappa shape index (κ2) is 4.61. The molecule has 0 saturated carbocycles. The number of aromatic nitrogens is 1. The fourth-order valence-corrected chi connectivity index (χ4v) is 2.40. The first kappa shape index (κ1) is 11.0. The summed E-state index contributed by atoms with van der Waals surface area (Å²) < 4.78 is 0. The summed E-state index contributed by atoms with van der Waals surface area (Å²) in [4.78, 5) is 16.4. The van der Waals surface area contributed by atoms with E-state index >= 15 is 0 Å². The van der Waals surface area contributed by atoms with Crippen molar-refractivity contribution >= 4 is 11.5 Å². The van der Waals surface area contributed by atoms with Crippen LogP contribution < -0.4 is 5.32 Å². The molecular formula is C15H14N2O. The maximum absolute atomic E-state index is 12.3. The van der Waals surface area contributed by atoms with Gasteiger partial charge in [0.25, 0.3) is 0 Å². The minimum absolute atomic E-state index is 0.0265. The summed E-state index contributed by atoms with van der Waals surface area (Å²) >= 11 is 0. The molecule has 1 aliphatic rings. The van der Waals surface area contributed by atoms with Crippen LogP contribution in [0.4, 0.5) is 5.69 Å². The molecule has 0 amide bonds. The van der Waals surface area contributed by atoms with Gasteiger partial charge in [0.1, 0.15) is 5.78 Å². The fourth-order valence-electron chi connectivity index (χ4n) is 2.40. The lowest BCUT2D eigenvalue weighted by atomic mass is 9.93. The standard InChI is InChI=1S/C15H14N2O/c18-15(8-11-4-3-7-16-9-11)13-10-17-14-6-2-1-5-12(13)14/h1-7,9,13,17H,8,10H2. The van der Waals surface area contributed by atoms with Gasteiger partial charge < -0.3 is 5.32 Å². The van der Waals surface area contributed by atoms with Crippen LogP contribution in [0.2, 0.25) is 0 Å². The van der Waals surface area contributed by atoms with Gasteiger partial charge in [-0.15, -0.1) is 0 Å².